The van der Waals surface area contributed by atoms with Crippen LogP contribution in [0.2, 0.25) is 0 Å². The van der Waals surface area contributed by atoms with Crippen molar-refractivity contribution in [3.8, 4) is 33.4 Å². The Balaban J connectivity index is 1.60. The van der Waals surface area contributed by atoms with Crippen LogP contribution in [-0.2, 0) is 25.6 Å². The summed E-state index contributed by atoms with van der Waals surface area (Å²) < 4.78 is 13.8. The van der Waals surface area contributed by atoms with E-state index in [2.05, 4.69) is 172 Å². The number of rotatable bonds is 1. The second kappa shape index (κ2) is 10.1. The molecule has 1 saturated heterocycles. The zero-order valence-corrected chi connectivity index (χ0v) is 30.2. The molecular weight excluding hydrogens is 583 g/mol. The maximum Gasteiger partial charge on any atom is 0.495 e. The predicted octanol–water partition coefficient (Wildman–Crippen LogP) is 10.6. The van der Waals surface area contributed by atoms with Gasteiger partial charge < -0.3 is 9.31 Å². The molecule has 5 aromatic carbocycles. The molecule has 3 aliphatic rings. The quantitative estimate of drug-likeness (QED) is 0.168. The summed E-state index contributed by atoms with van der Waals surface area (Å²) in [5.41, 5.74) is 15.0. The highest BCUT2D eigenvalue weighted by Gasteiger charge is 2.56. The zero-order valence-electron chi connectivity index (χ0n) is 30.2. The SMILES string of the molecule is CC(C)(C)c1ccc2c(c1)C1(c3ccccc3-c3ccccc3-c3ccccc31)c1cc(C(C)(C)C)cc(B3OC(C)(C)C(C)(C)O3)c1-2. The van der Waals surface area contributed by atoms with Gasteiger partial charge in [0.25, 0.3) is 0 Å². The monoisotopic (exact) mass is 630 g/mol. The van der Waals surface area contributed by atoms with Gasteiger partial charge in [-0.3, -0.25) is 0 Å². The van der Waals surface area contributed by atoms with Crippen molar-refractivity contribution in [3.05, 3.63) is 137 Å². The third kappa shape index (κ3) is 4.26. The Morgan fingerprint density at radius 1 is 0.458 bits per heavy atom. The smallest absolute Gasteiger partial charge is 0.399 e. The summed E-state index contributed by atoms with van der Waals surface area (Å²) in [6.07, 6.45) is 0. The molecule has 3 heteroatoms. The molecule has 0 radical (unpaired) electrons. The molecule has 0 bridgehead atoms. The Hall–Kier alpha value is -3.92. The lowest BCUT2D eigenvalue weighted by atomic mass is 9.63. The maximum absolute atomic E-state index is 6.90. The number of hydrogen-bond donors (Lipinski definition) is 0. The highest BCUT2D eigenvalue weighted by Crippen LogP contribution is 2.62. The molecule has 0 amide bonds. The van der Waals surface area contributed by atoms with Crippen LogP contribution in [0.3, 0.4) is 0 Å². The van der Waals surface area contributed by atoms with Gasteiger partial charge in [0.05, 0.1) is 16.6 Å². The van der Waals surface area contributed by atoms with Gasteiger partial charge in [0.2, 0.25) is 0 Å². The standard InChI is InChI=1S/C45H47BO2/c1-41(2,3)28-23-24-34-37(25-28)45(35-21-15-13-19-32(35)30-17-11-12-18-31(30)33-20-14-16-22-36(33)45)38-26-29(42(4,5)6)27-39(40(34)38)46-47-43(7,8)44(9,10)48-46/h11-27H,1-10H3. The molecule has 0 atom stereocenters. The maximum atomic E-state index is 6.90. The lowest BCUT2D eigenvalue weighted by Gasteiger charge is -2.37. The van der Waals surface area contributed by atoms with E-state index in [1.54, 1.807) is 0 Å². The van der Waals surface area contributed by atoms with Crippen LogP contribution in [0.5, 0.6) is 0 Å². The van der Waals surface area contributed by atoms with Crippen molar-refractivity contribution in [2.75, 3.05) is 0 Å². The van der Waals surface area contributed by atoms with Crippen molar-refractivity contribution in [3.63, 3.8) is 0 Å². The van der Waals surface area contributed by atoms with Crippen LogP contribution < -0.4 is 5.46 Å². The molecule has 0 saturated carbocycles. The highest BCUT2D eigenvalue weighted by atomic mass is 16.7. The minimum absolute atomic E-state index is 0.0250. The highest BCUT2D eigenvalue weighted by molar-refractivity contribution is 6.64. The summed E-state index contributed by atoms with van der Waals surface area (Å²) in [7, 11) is -0.496. The first-order chi connectivity index (χ1) is 22.6. The minimum atomic E-state index is -0.572. The fourth-order valence-electron chi connectivity index (χ4n) is 8.30. The van der Waals surface area contributed by atoms with Crippen LogP contribution in [-0.4, -0.2) is 18.3 Å². The summed E-state index contributed by atoms with van der Waals surface area (Å²) >= 11 is 0. The molecule has 2 nitrogen and oxygen atoms in total. The Labute approximate surface area is 287 Å². The van der Waals surface area contributed by atoms with Crippen molar-refractivity contribution in [1.29, 1.82) is 0 Å². The van der Waals surface area contributed by atoms with E-state index in [1.807, 2.05) is 0 Å². The first-order valence-corrected chi connectivity index (χ1v) is 17.5. The van der Waals surface area contributed by atoms with Crippen LogP contribution in [0.25, 0.3) is 33.4 Å². The van der Waals surface area contributed by atoms with Crippen molar-refractivity contribution < 1.29 is 9.31 Å². The number of benzene rings is 5. The van der Waals surface area contributed by atoms with E-state index in [1.165, 1.54) is 66.8 Å². The normalized spacial score (nSPS) is 18.1. The second-order valence-electron chi connectivity index (χ2n) is 17.2. The van der Waals surface area contributed by atoms with Crippen LogP contribution in [0.15, 0.2) is 103 Å². The van der Waals surface area contributed by atoms with E-state index in [-0.39, 0.29) is 10.8 Å². The molecule has 1 heterocycles. The van der Waals surface area contributed by atoms with E-state index >= 15 is 0 Å². The first kappa shape index (κ1) is 31.4. The fourth-order valence-corrected chi connectivity index (χ4v) is 8.30. The van der Waals surface area contributed by atoms with Crippen LogP contribution in [0, 0.1) is 0 Å². The number of hydrogen-bond acceptors (Lipinski definition) is 2. The average Bonchev–Trinajstić information content (AvgIpc) is 3.41. The van der Waals surface area contributed by atoms with Crippen molar-refractivity contribution >= 4 is 12.6 Å². The summed E-state index contributed by atoms with van der Waals surface area (Å²) in [5, 5.41) is 0. The van der Waals surface area contributed by atoms with Gasteiger partial charge in [-0.15, -0.1) is 0 Å². The Morgan fingerprint density at radius 3 is 1.42 bits per heavy atom. The van der Waals surface area contributed by atoms with Crippen LogP contribution in [0.4, 0.5) is 0 Å². The largest absolute Gasteiger partial charge is 0.495 e. The molecule has 1 aliphatic heterocycles. The lowest BCUT2D eigenvalue weighted by molar-refractivity contribution is 0.00578. The van der Waals surface area contributed by atoms with Gasteiger partial charge in [0.1, 0.15) is 0 Å². The average molecular weight is 631 g/mol. The second-order valence-corrected chi connectivity index (χ2v) is 17.2. The third-order valence-corrected chi connectivity index (χ3v) is 11.7. The Morgan fingerprint density at radius 2 is 0.917 bits per heavy atom. The van der Waals surface area contributed by atoms with Gasteiger partial charge in [0.15, 0.2) is 0 Å². The van der Waals surface area contributed by atoms with Gasteiger partial charge in [-0.1, -0.05) is 145 Å². The molecule has 1 fully saturated rings. The molecule has 0 N–H and O–H groups in total. The van der Waals surface area contributed by atoms with Crippen molar-refractivity contribution in [1.82, 2.24) is 0 Å². The van der Waals surface area contributed by atoms with Gasteiger partial charge in [-0.05, 0) is 111 Å². The third-order valence-electron chi connectivity index (χ3n) is 11.7. The summed E-state index contributed by atoms with van der Waals surface area (Å²) in [6, 6.07) is 39.4. The molecule has 242 valence electrons. The van der Waals surface area contributed by atoms with Crippen LogP contribution >= 0.6 is 0 Å². The fraction of sp³-hybridized carbons (Fsp3) is 0.333. The number of fused-ring (bicyclic) bond motifs is 12. The summed E-state index contributed by atoms with van der Waals surface area (Å²) in [5.74, 6) is 0. The zero-order chi connectivity index (χ0) is 34.0. The summed E-state index contributed by atoms with van der Waals surface area (Å²) in [6.45, 7) is 22.5. The summed E-state index contributed by atoms with van der Waals surface area (Å²) in [4.78, 5) is 0. The van der Waals surface area contributed by atoms with Gasteiger partial charge in [-0.25, -0.2) is 0 Å². The molecule has 0 unspecified atom stereocenters. The Bertz CT molecular complexity index is 2040. The van der Waals surface area contributed by atoms with E-state index in [0.717, 1.165) is 5.46 Å². The molecule has 1 spiro atoms. The predicted molar refractivity (Wildman–Crippen MR) is 201 cm³/mol. The molecular formula is C45H47BO2. The van der Waals surface area contributed by atoms with Gasteiger partial charge in [-0.2, -0.15) is 0 Å². The topological polar surface area (TPSA) is 18.5 Å². The lowest BCUT2D eigenvalue weighted by Crippen LogP contribution is -2.41. The molecule has 8 rings (SSSR count). The molecule has 5 aromatic rings. The van der Waals surface area contributed by atoms with E-state index < -0.39 is 23.7 Å². The van der Waals surface area contributed by atoms with Crippen molar-refractivity contribution in [2.45, 2.75) is 96.7 Å². The van der Waals surface area contributed by atoms with E-state index in [0.29, 0.717) is 0 Å². The first-order valence-electron chi connectivity index (χ1n) is 17.5. The molecule has 48 heavy (non-hydrogen) atoms. The molecule has 0 aromatic heterocycles. The molecule has 2 aliphatic carbocycles. The van der Waals surface area contributed by atoms with E-state index in [4.69, 9.17) is 9.31 Å². The van der Waals surface area contributed by atoms with Crippen LogP contribution in [0.1, 0.15) is 103 Å². The van der Waals surface area contributed by atoms with Gasteiger partial charge in [0, 0.05) is 0 Å². The Kier molecular flexibility index (Phi) is 6.57. The van der Waals surface area contributed by atoms with E-state index in [9.17, 15) is 0 Å². The van der Waals surface area contributed by atoms with Crippen molar-refractivity contribution in [2.24, 2.45) is 0 Å². The van der Waals surface area contributed by atoms with Gasteiger partial charge >= 0.3 is 7.12 Å². The minimum Gasteiger partial charge on any atom is -0.399 e.